The lowest BCUT2D eigenvalue weighted by Crippen LogP contribution is -2.38. The largest absolute Gasteiger partial charge is 0.424 e. The Labute approximate surface area is 237 Å². The first kappa shape index (κ1) is 25.9. The second-order valence-electron chi connectivity index (χ2n) is 9.62. The summed E-state index contributed by atoms with van der Waals surface area (Å²) in [6, 6.07) is 36.9. The number of rotatable bonds is 7. The first-order valence-corrected chi connectivity index (χ1v) is 13.2. The number of fused-ring (bicyclic) bond motifs is 1. The van der Waals surface area contributed by atoms with E-state index in [1.54, 1.807) is 18.5 Å². The molecule has 0 amide bonds. The van der Waals surface area contributed by atoms with Gasteiger partial charge in [-0.15, -0.1) is 0 Å². The third-order valence-corrected chi connectivity index (χ3v) is 7.03. The summed E-state index contributed by atoms with van der Waals surface area (Å²) < 4.78 is 22.7. The van der Waals surface area contributed by atoms with Crippen molar-refractivity contribution < 1.29 is 13.9 Å². The number of nitrogens with zero attached hydrogens (tertiary/aromatic N) is 3. The van der Waals surface area contributed by atoms with Crippen molar-refractivity contribution in [3.8, 4) is 5.75 Å². The van der Waals surface area contributed by atoms with Crippen molar-refractivity contribution in [2.75, 3.05) is 0 Å². The van der Waals surface area contributed by atoms with Crippen LogP contribution in [-0.4, -0.2) is 20.7 Å². The lowest BCUT2D eigenvalue weighted by Gasteiger charge is -2.37. The molecule has 5 nitrogen and oxygen atoms in total. The minimum Gasteiger partial charge on any atom is -0.424 e. The molecular weight excluding hydrogens is 513 g/mol. The van der Waals surface area contributed by atoms with Gasteiger partial charge in [0.25, 0.3) is 0 Å². The zero-order chi connectivity index (χ0) is 28.2. The molecule has 0 aliphatic heterocycles. The summed E-state index contributed by atoms with van der Waals surface area (Å²) in [6.45, 7) is 1.25. The molecule has 200 valence electrons. The molecule has 0 spiro atoms. The summed E-state index contributed by atoms with van der Waals surface area (Å²) in [5.74, 6) is -1.40. The lowest BCUT2D eigenvalue weighted by molar-refractivity contribution is -0.132. The highest BCUT2D eigenvalue weighted by Gasteiger charge is 2.41. The summed E-state index contributed by atoms with van der Waals surface area (Å²) in [6.07, 6.45) is 7.24. The fourth-order valence-electron chi connectivity index (χ4n) is 5.31. The summed E-state index contributed by atoms with van der Waals surface area (Å²) in [7, 11) is 0. The van der Waals surface area contributed by atoms with Gasteiger partial charge in [-0.2, -0.15) is 5.10 Å². The van der Waals surface area contributed by atoms with Crippen LogP contribution >= 0.6 is 0 Å². The Balaban J connectivity index is 1.73. The Morgan fingerprint density at radius 3 is 1.90 bits per heavy atom. The molecule has 0 saturated heterocycles. The van der Waals surface area contributed by atoms with E-state index in [0.29, 0.717) is 16.6 Å². The lowest BCUT2D eigenvalue weighted by atomic mass is 9.77. The molecular formula is C35H26FN3O2. The van der Waals surface area contributed by atoms with E-state index in [1.807, 2.05) is 83.6 Å². The van der Waals surface area contributed by atoms with E-state index >= 15 is 4.39 Å². The minimum atomic E-state index is -0.961. The Morgan fingerprint density at radius 2 is 1.39 bits per heavy atom. The maximum absolute atomic E-state index is 15.6. The third kappa shape index (κ3) is 4.80. The number of esters is 1. The van der Waals surface area contributed by atoms with Gasteiger partial charge < -0.3 is 4.74 Å². The second-order valence-corrected chi connectivity index (χ2v) is 9.62. The monoisotopic (exact) mass is 539 g/mol. The molecule has 0 bridgehead atoms. The van der Waals surface area contributed by atoms with Gasteiger partial charge in [-0.05, 0) is 40.5 Å². The van der Waals surface area contributed by atoms with Crippen LogP contribution in [-0.2, 0) is 10.3 Å². The van der Waals surface area contributed by atoms with Gasteiger partial charge in [-0.3, -0.25) is 9.78 Å². The van der Waals surface area contributed by atoms with E-state index in [4.69, 9.17) is 9.84 Å². The Bertz CT molecular complexity index is 1740. The summed E-state index contributed by atoms with van der Waals surface area (Å²) in [4.78, 5) is 16.0. The van der Waals surface area contributed by atoms with Crippen LogP contribution in [0.5, 0.6) is 5.75 Å². The Hall–Kier alpha value is -5.36. The highest BCUT2D eigenvalue weighted by Crippen LogP contribution is 2.43. The number of pyridine rings is 1. The van der Waals surface area contributed by atoms with Crippen LogP contribution in [0, 0.1) is 5.82 Å². The topological polar surface area (TPSA) is 57.0 Å². The fourth-order valence-corrected chi connectivity index (χ4v) is 5.31. The molecule has 4 aromatic carbocycles. The quantitative estimate of drug-likeness (QED) is 0.120. The molecule has 6 heteroatoms. The highest BCUT2D eigenvalue weighted by atomic mass is 19.1. The predicted molar refractivity (Wildman–Crippen MR) is 159 cm³/mol. The minimum absolute atomic E-state index is 0.148. The van der Waals surface area contributed by atoms with Crippen LogP contribution in [0.2, 0.25) is 0 Å². The normalized spacial score (nSPS) is 11.7. The zero-order valence-corrected chi connectivity index (χ0v) is 22.3. The molecule has 2 aromatic heterocycles. The van der Waals surface area contributed by atoms with Crippen LogP contribution in [0.25, 0.3) is 23.1 Å². The standard InChI is InChI=1S/C35H26FN3O2/c1-25(40)41-34-22-30-32(20-19-26-12-11-21-37-24-26)38-39(33(30)23-31(34)36)35(27-13-5-2-6-14-27,28-15-7-3-8-16-28)29-17-9-4-10-18-29/h2-24H,1H3/b20-19+. The molecule has 0 aliphatic rings. The molecule has 0 radical (unpaired) electrons. The average molecular weight is 540 g/mol. The van der Waals surface area contributed by atoms with E-state index in [2.05, 4.69) is 41.4 Å². The molecule has 0 aliphatic carbocycles. The smallest absolute Gasteiger partial charge is 0.308 e. The van der Waals surface area contributed by atoms with E-state index in [1.165, 1.54) is 13.0 Å². The third-order valence-electron chi connectivity index (χ3n) is 7.03. The van der Waals surface area contributed by atoms with Crippen molar-refractivity contribution in [2.45, 2.75) is 12.5 Å². The molecule has 0 N–H and O–H groups in total. The maximum Gasteiger partial charge on any atom is 0.308 e. The SMILES string of the molecule is CC(=O)Oc1cc2c(/C=C/c3cccnc3)nn(C(c3ccccc3)(c3ccccc3)c3ccccc3)c2cc1F. The van der Waals surface area contributed by atoms with Gasteiger partial charge in [0.15, 0.2) is 11.6 Å². The van der Waals surface area contributed by atoms with Gasteiger partial charge in [0.05, 0.1) is 11.2 Å². The van der Waals surface area contributed by atoms with E-state index in [-0.39, 0.29) is 5.75 Å². The number of carbonyl (C=O) groups is 1. The summed E-state index contributed by atoms with van der Waals surface area (Å²) >= 11 is 0. The van der Waals surface area contributed by atoms with Crippen molar-refractivity contribution >= 4 is 29.0 Å². The molecule has 0 unspecified atom stereocenters. The van der Waals surface area contributed by atoms with Gasteiger partial charge in [0.1, 0.15) is 5.54 Å². The molecule has 41 heavy (non-hydrogen) atoms. The molecule has 2 heterocycles. The number of hydrogen-bond donors (Lipinski definition) is 0. The summed E-state index contributed by atoms with van der Waals surface area (Å²) in [5.41, 5.74) is 3.91. The van der Waals surface area contributed by atoms with Crippen molar-refractivity contribution in [2.24, 2.45) is 0 Å². The van der Waals surface area contributed by atoms with Gasteiger partial charge in [0, 0.05) is 30.8 Å². The molecule has 6 rings (SSSR count). The average Bonchev–Trinajstić information content (AvgIpc) is 3.35. The first-order valence-electron chi connectivity index (χ1n) is 13.2. The highest BCUT2D eigenvalue weighted by molar-refractivity contribution is 5.92. The van der Waals surface area contributed by atoms with Gasteiger partial charge >= 0.3 is 5.97 Å². The number of aromatic nitrogens is 3. The van der Waals surface area contributed by atoms with E-state index in [9.17, 15) is 4.79 Å². The molecule has 0 fully saturated rings. The van der Waals surface area contributed by atoms with Crippen LogP contribution < -0.4 is 4.74 Å². The fraction of sp³-hybridized carbons (Fsp3) is 0.0571. The van der Waals surface area contributed by atoms with Crippen LogP contribution in [0.4, 0.5) is 4.39 Å². The number of ether oxygens (including phenoxy) is 1. The first-order chi connectivity index (χ1) is 20.1. The van der Waals surface area contributed by atoms with E-state index < -0.39 is 17.3 Å². The van der Waals surface area contributed by atoms with Gasteiger partial charge in [-0.25, -0.2) is 9.07 Å². The number of hydrogen-bond acceptors (Lipinski definition) is 4. The predicted octanol–water partition coefficient (Wildman–Crippen LogP) is 7.51. The maximum atomic E-state index is 15.6. The summed E-state index contributed by atoms with van der Waals surface area (Å²) in [5, 5.41) is 5.80. The number of halogens is 1. The second kappa shape index (κ2) is 11.0. The zero-order valence-electron chi connectivity index (χ0n) is 22.3. The van der Waals surface area contributed by atoms with Crippen molar-refractivity contribution in [3.05, 3.63) is 161 Å². The molecule has 6 aromatic rings. The molecule has 0 atom stereocenters. The van der Waals surface area contributed by atoms with Crippen molar-refractivity contribution in [1.29, 1.82) is 0 Å². The van der Waals surface area contributed by atoms with Crippen molar-refractivity contribution in [1.82, 2.24) is 14.8 Å². The van der Waals surface area contributed by atoms with Gasteiger partial charge in [-0.1, -0.05) is 103 Å². The number of benzene rings is 4. The van der Waals surface area contributed by atoms with Gasteiger partial charge in [0.2, 0.25) is 0 Å². The molecule has 0 saturated carbocycles. The Kier molecular flexibility index (Phi) is 6.96. The van der Waals surface area contributed by atoms with Crippen LogP contribution in [0.15, 0.2) is 128 Å². The number of carbonyl (C=O) groups excluding carboxylic acids is 1. The van der Waals surface area contributed by atoms with Crippen LogP contribution in [0.3, 0.4) is 0 Å². The van der Waals surface area contributed by atoms with Crippen molar-refractivity contribution in [3.63, 3.8) is 0 Å². The van der Waals surface area contributed by atoms with E-state index in [0.717, 1.165) is 22.3 Å². The Morgan fingerprint density at radius 1 is 0.805 bits per heavy atom. The van der Waals surface area contributed by atoms with Crippen LogP contribution in [0.1, 0.15) is 34.9 Å².